The molecule has 0 saturated heterocycles. The Balaban J connectivity index is -0.000000845. The smallest absolute Gasteiger partial charge is 1.00 e. The Kier molecular flexibility index (Phi) is 28.4. The van der Waals surface area contributed by atoms with Crippen molar-refractivity contribution < 1.29 is 12.4 Å². The van der Waals surface area contributed by atoms with Crippen LogP contribution in [0.3, 0.4) is 0 Å². The molecule has 0 aromatic heterocycles. The molecule has 0 heterocycles. The van der Waals surface area contributed by atoms with E-state index >= 15 is 0 Å². The Morgan fingerprint density at radius 3 is 1.94 bits per heavy atom. The monoisotopic (exact) mass is 252 g/mol. The van der Waals surface area contributed by atoms with Gasteiger partial charge in [-0.15, -0.1) is 0 Å². The first-order chi connectivity index (χ1) is 6.91. The molecule has 0 amide bonds. The quantitative estimate of drug-likeness (QED) is 0.254. The summed E-state index contributed by atoms with van der Waals surface area (Å²) in [5.41, 5.74) is 0. The summed E-state index contributed by atoms with van der Waals surface area (Å²) in [6.07, 6.45) is 18.9. The molecule has 0 aliphatic heterocycles. The van der Waals surface area contributed by atoms with Crippen LogP contribution in [0.15, 0.2) is 24.3 Å². The minimum absolute atomic E-state index is 0. The summed E-state index contributed by atoms with van der Waals surface area (Å²) in [5.74, 6) is 0. The Morgan fingerprint density at radius 2 is 1.44 bits per heavy atom. The van der Waals surface area contributed by atoms with Gasteiger partial charge in [0.1, 0.15) is 0 Å². The van der Waals surface area contributed by atoms with E-state index in [9.17, 15) is 0 Å². The van der Waals surface area contributed by atoms with Gasteiger partial charge >= 0.3 is 23.1 Å². The van der Waals surface area contributed by atoms with Gasteiger partial charge in [-0.25, -0.2) is 0 Å². The second kappa shape index (κ2) is 20.9. The Bertz CT molecular complexity index is 153. The van der Waals surface area contributed by atoms with Crippen LogP contribution in [-0.4, -0.2) is 23.1 Å². The van der Waals surface area contributed by atoms with E-state index in [0.717, 1.165) is 6.42 Å². The van der Waals surface area contributed by atoms with Crippen molar-refractivity contribution in [3.63, 3.8) is 0 Å². The predicted molar refractivity (Wildman–Crippen MR) is 72.0 cm³/mol. The van der Waals surface area contributed by atoms with E-state index < -0.39 is 0 Å². The SMILES string of the molecule is [CH2-]CCCCC/C=C/C=C\CCCC.[Cl-].[Mg+2]. The second-order valence-electron chi connectivity index (χ2n) is 3.70. The predicted octanol–water partition coefficient (Wildman–Crippen LogP) is 1.70. The Hall–Kier alpha value is 0.536. The zero-order valence-corrected chi connectivity index (χ0v) is 12.9. The van der Waals surface area contributed by atoms with Gasteiger partial charge in [0, 0.05) is 0 Å². The maximum absolute atomic E-state index is 3.83. The van der Waals surface area contributed by atoms with Crippen molar-refractivity contribution in [1.82, 2.24) is 0 Å². The first-order valence-electron chi connectivity index (χ1n) is 6.02. The summed E-state index contributed by atoms with van der Waals surface area (Å²) in [6.45, 7) is 6.06. The van der Waals surface area contributed by atoms with Crippen LogP contribution in [0.2, 0.25) is 0 Å². The number of allylic oxidation sites excluding steroid dienone is 4. The minimum Gasteiger partial charge on any atom is -1.00 e. The molecule has 16 heavy (non-hydrogen) atoms. The van der Waals surface area contributed by atoms with Crippen molar-refractivity contribution in [2.24, 2.45) is 0 Å². The maximum Gasteiger partial charge on any atom is 2.00 e. The van der Waals surface area contributed by atoms with E-state index in [1.54, 1.807) is 0 Å². The molecule has 0 aromatic rings. The van der Waals surface area contributed by atoms with E-state index in [1.807, 2.05) is 0 Å². The van der Waals surface area contributed by atoms with Crippen LogP contribution in [0, 0.1) is 6.92 Å². The number of rotatable bonds is 9. The third-order valence-electron chi connectivity index (χ3n) is 2.23. The van der Waals surface area contributed by atoms with Crippen molar-refractivity contribution in [2.45, 2.75) is 58.3 Å². The topological polar surface area (TPSA) is 0 Å². The first-order valence-corrected chi connectivity index (χ1v) is 6.02. The summed E-state index contributed by atoms with van der Waals surface area (Å²) in [4.78, 5) is 0. The van der Waals surface area contributed by atoms with Gasteiger partial charge in [0.2, 0.25) is 0 Å². The second-order valence-corrected chi connectivity index (χ2v) is 3.70. The molecule has 0 aromatic carbocycles. The number of halogens is 1. The fourth-order valence-electron chi connectivity index (χ4n) is 1.29. The zero-order valence-electron chi connectivity index (χ0n) is 10.8. The fourth-order valence-corrected chi connectivity index (χ4v) is 1.29. The molecule has 90 valence electrons. The van der Waals surface area contributed by atoms with E-state index in [2.05, 4.69) is 38.2 Å². The zero-order chi connectivity index (χ0) is 10.5. The van der Waals surface area contributed by atoms with Gasteiger partial charge in [0.25, 0.3) is 0 Å². The van der Waals surface area contributed by atoms with Crippen LogP contribution in [0.5, 0.6) is 0 Å². The summed E-state index contributed by atoms with van der Waals surface area (Å²) >= 11 is 0. The minimum atomic E-state index is 0. The van der Waals surface area contributed by atoms with Crippen molar-refractivity contribution in [2.75, 3.05) is 0 Å². The fraction of sp³-hybridized carbons (Fsp3) is 0.643. The number of hydrogen-bond acceptors (Lipinski definition) is 0. The van der Waals surface area contributed by atoms with Crippen molar-refractivity contribution in [1.29, 1.82) is 0 Å². The number of unbranched alkanes of at least 4 members (excludes halogenated alkanes) is 6. The molecule has 0 rings (SSSR count). The molecule has 0 radical (unpaired) electrons. The Labute approximate surface area is 125 Å². The van der Waals surface area contributed by atoms with Crippen LogP contribution >= 0.6 is 0 Å². The molecule has 0 atom stereocenters. The van der Waals surface area contributed by atoms with Crippen LogP contribution < -0.4 is 12.4 Å². The van der Waals surface area contributed by atoms with Gasteiger partial charge in [-0.2, -0.15) is 6.42 Å². The maximum atomic E-state index is 3.83. The van der Waals surface area contributed by atoms with Crippen molar-refractivity contribution in [3.05, 3.63) is 31.2 Å². The molecule has 0 fully saturated rings. The molecule has 0 bridgehead atoms. The average Bonchev–Trinajstić information content (AvgIpc) is 2.21. The van der Waals surface area contributed by atoms with E-state index in [0.29, 0.717) is 0 Å². The number of hydrogen-bond donors (Lipinski definition) is 0. The molecule has 0 aliphatic carbocycles. The molecule has 0 aliphatic rings. The van der Waals surface area contributed by atoms with Gasteiger partial charge in [0.05, 0.1) is 0 Å². The molecular weight excluding hydrogens is 228 g/mol. The molecule has 0 N–H and O–H groups in total. The van der Waals surface area contributed by atoms with Crippen molar-refractivity contribution in [3.8, 4) is 0 Å². The average molecular weight is 253 g/mol. The summed E-state index contributed by atoms with van der Waals surface area (Å²) in [7, 11) is 0. The summed E-state index contributed by atoms with van der Waals surface area (Å²) in [6, 6.07) is 0. The van der Waals surface area contributed by atoms with Crippen LogP contribution in [0.4, 0.5) is 0 Å². The van der Waals surface area contributed by atoms with E-state index in [4.69, 9.17) is 0 Å². The van der Waals surface area contributed by atoms with E-state index in [1.165, 1.54) is 44.9 Å². The third-order valence-corrected chi connectivity index (χ3v) is 2.23. The Morgan fingerprint density at radius 1 is 0.875 bits per heavy atom. The van der Waals surface area contributed by atoms with Gasteiger partial charge in [-0.3, -0.25) is 0 Å². The van der Waals surface area contributed by atoms with E-state index in [-0.39, 0.29) is 35.5 Å². The molecular formula is C14H25ClMg. The molecule has 0 saturated carbocycles. The normalized spacial score (nSPS) is 10.4. The van der Waals surface area contributed by atoms with Gasteiger partial charge in [-0.05, 0) is 19.3 Å². The van der Waals surface area contributed by atoms with Crippen LogP contribution in [-0.2, 0) is 0 Å². The van der Waals surface area contributed by atoms with Gasteiger partial charge in [0.15, 0.2) is 0 Å². The standard InChI is InChI=1S/C14H25.ClH.Mg/c1-3-5-7-9-11-13-14-12-10-8-6-4-2;;/h10,12-14H,1,3-9,11H2,2H3;1H;/q-1;;+2/p-1/b12-10-,14-13+;;. The summed E-state index contributed by atoms with van der Waals surface area (Å²) < 4.78 is 0. The molecule has 0 spiro atoms. The van der Waals surface area contributed by atoms with Crippen LogP contribution in [0.1, 0.15) is 58.3 Å². The summed E-state index contributed by atoms with van der Waals surface area (Å²) in [5, 5.41) is 0. The first kappa shape index (κ1) is 21.8. The van der Waals surface area contributed by atoms with Gasteiger partial charge in [-0.1, -0.05) is 56.9 Å². The van der Waals surface area contributed by atoms with Gasteiger partial charge < -0.3 is 19.3 Å². The van der Waals surface area contributed by atoms with Crippen LogP contribution in [0.25, 0.3) is 0 Å². The third kappa shape index (κ3) is 20.0. The molecule has 0 nitrogen and oxygen atoms in total. The van der Waals surface area contributed by atoms with Crippen molar-refractivity contribution >= 4 is 23.1 Å². The molecule has 2 heteroatoms. The largest absolute Gasteiger partial charge is 2.00 e. The molecule has 0 unspecified atom stereocenters.